The zero-order valence-corrected chi connectivity index (χ0v) is 11.4. The summed E-state index contributed by atoms with van der Waals surface area (Å²) in [6.07, 6.45) is 5.85. The zero-order valence-electron chi connectivity index (χ0n) is 11.4. The third kappa shape index (κ3) is 6.02. The Balaban J connectivity index is 0.000000258. The molecule has 0 aromatic heterocycles. The van der Waals surface area contributed by atoms with Crippen molar-refractivity contribution in [3.05, 3.63) is 0 Å². The van der Waals surface area contributed by atoms with Gasteiger partial charge in [-0.15, -0.1) is 0 Å². The van der Waals surface area contributed by atoms with Crippen LogP contribution in [-0.2, 0) is 14.3 Å². The molecule has 6 nitrogen and oxygen atoms in total. The molecule has 2 saturated heterocycles. The average Bonchev–Trinajstić information content (AvgIpc) is 2.36. The van der Waals surface area contributed by atoms with Crippen molar-refractivity contribution in [2.24, 2.45) is 5.92 Å². The van der Waals surface area contributed by atoms with Crippen molar-refractivity contribution in [3.63, 3.8) is 0 Å². The van der Waals surface area contributed by atoms with Crippen LogP contribution >= 0.6 is 0 Å². The highest BCUT2D eigenvalue weighted by Gasteiger charge is 2.30. The first-order valence-electron chi connectivity index (χ1n) is 6.83. The van der Waals surface area contributed by atoms with Gasteiger partial charge in [0, 0.05) is 19.7 Å². The fourth-order valence-electron chi connectivity index (χ4n) is 2.65. The van der Waals surface area contributed by atoms with E-state index in [9.17, 15) is 0 Å². The standard InChI is InChI=1S/C11H21NO.C2H2O4/c1-2-6-13-11-7-10-4-3-5-12(8-10)9-11;3-1(4)2(5)6/h10-11H,2-9H2,1H3;(H,3,4)(H,5,6). The lowest BCUT2D eigenvalue weighted by atomic mass is 9.88. The highest BCUT2D eigenvalue weighted by atomic mass is 16.5. The molecule has 0 amide bonds. The molecule has 2 bridgehead atoms. The first kappa shape index (κ1) is 15.9. The van der Waals surface area contributed by atoms with E-state index in [1.807, 2.05) is 0 Å². The molecule has 0 radical (unpaired) electrons. The van der Waals surface area contributed by atoms with Crippen LogP contribution in [0.5, 0.6) is 0 Å². The number of hydrogen-bond acceptors (Lipinski definition) is 4. The number of carbonyl (C=O) groups is 2. The first-order chi connectivity index (χ1) is 9.02. The molecule has 0 aliphatic carbocycles. The molecule has 0 aromatic rings. The fourth-order valence-corrected chi connectivity index (χ4v) is 2.65. The molecule has 2 fully saturated rings. The third-order valence-corrected chi connectivity index (χ3v) is 3.40. The van der Waals surface area contributed by atoms with Crippen LogP contribution < -0.4 is 0 Å². The van der Waals surface area contributed by atoms with Crippen LogP contribution in [0.15, 0.2) is 0 Å². The Bertz CT molecular complexity index is 283. The minimum Gasteiger partial charge on any atom is -0.473 e. The monoisotopic (exact) mass is 273 g/mol. The number of rotatable bonds is 3. The van der Waals surface area contributed by atoms with E-state index in [2.05, 4.69) is 11.8 Å². The Morgan fingerprint density at radius 3 is 2.47 bits per heavy atom. The molecule has 0 saturated carbocycles. The van der Waals surface area contributed by atoms with Crippen LogP contribution in [0.3, 0.4) is 0 Å². The maximum Gasteiger partial charge on any atom is 0.414 e. The number of ether oxygens (including phenoxy) is 1. The van der Waals surface area contributed by atoms with Gasteiger partial charge in [-0.1, -0.05) is 6.92 Å². The summed E-state index contributed by atoms with van der Waals surface area (Å²) in [5.74, 6) is -2.71. The summed E-state index contributed by atoms with van der Waals surface area (Å²) < 4.78 is 5.83. The lowest BCUT2D eigenvalue weighted by molar-refractivity contribution is -0.159. The summed E-state index contributed by atoms with van der Waals surface area (Å²) in [5, 5.41) is 14.8. The van der Waals surface area contributed by atoms with Crippen molar-refractivity contribution in [3.8, 4) is 0 Å². The summed E-state index contributed by atoms with van der Waals surface area (Å²) in [4.78, 5) is 20.8. The third-order valence-electron chi connectivity index (χ3n) is 3.40. The average molecular weight is 273 g/mol. The number of fused-ring (bicyclic) bond motifs is 2. The lowest BCUT2D eigenvalue weighted by Crippen LogP contribution is -2.47. The first-order valence-corrected chi connectivity index (χ1v) is 6.83. The molecule has 3 unspecified atom stereocenters. The normalized spacial score (nSPS) is 29.0. The Morgan fingerprint density at radius 2 is 1.95 bits per heavy atom. The van der Waals surface area contributed by atoms with E-state index in [1.54, 1.807) is 0 Å². The molecule has 110 valence electrons. The molecular weight excluding hydrogens is 250 g/mol. The quantitative estimate of drug-likeness (QED) is 0.747. The second kappa shape index (κ2) is 8.12. The van der Waals surface area contributed by atoms with Crippen molar-refractivity contribution in [2.75, 3.05) is 26.2 Å². The largest absolute Gasteiger partial charge is 0.473 e. The van der Waals surface area contributed by atoms with Gasteiger partial charge in [0.25, 0.3) is 0 Å². The summed E-state index contributed by atoms with van der Waals surface area (Å²) in [5.41, 5.74) is 0. The van der Waals surface area contributed by atoms with Gasteiger partial charge in [0.15, 0.2) is 0 Å². The van der Waals surface area contributed by atoms with Gasteiger partial charge in [0.1, 0.15) is 0 Å². The predicted molar refractivity (Wildman–Crippen MR) is 69.1 cm³/mol. The number of nitrogens with zero attached hydrogens (tertiary/aromatic N) is 1. The highest BCUT2D eigenvalue weighted by Crippen LogP contribution is 2.27. The van der Waals surface area contributed by atoms with Gasteiger partial charge in [-0.05, 0) is 38.1 Å². The van der Waals surface area contributed by atoms with E-state index in [-0.39, 0.29) is 0 Å². The van der Waals surface area contributed by atoms with Gasteiger partial charge < -0.3 is 19.8 Å². The summed E-state index contributed by atoms with van der Waals surface area (Å²) in [7, 11) is 0. The molecule has 0 spiro atoms. The lowest BCUT2D eigenvalue weighted by Gasteiger charge is -2.41. The Morgan fingerprint density at radius 1 is 1.26 bits per heavy atom. The Labute approximate surface area is 113 Å². The van der Waals surface area contributed by atoms with Crippen molar-refractivity contribution in [2.45, 2.75) is 38.7 Å². The molecule has 0 aromatic carbocycles. The van der Waals surface area contributed by atoms with Crippen LogP contribution in [0.25, 0.3) is 0 Å². The van der Waals surface area contributed by atoms with E-state index >= 15 is 0 Å². The van der Waals surface area contributed by atoms with Crippen molar-refractivity contribution in [1.82, 2.24) is 4.90 Å². The van der Waals surface area contributed by atoms with Crippen LogP contribution in [0.2, 0.25) is 0 Å². The number of hydrogen-bond donors (Lipinski definition) is 2. The van der Waals surface area contributed by atoms with Crippen LogP contribution in [0.1, 0.15) is 32.6 Å². The molecule has 3 atom stereocenters. The molecule has 2 N–H and O–H groups in total. The van der Waals surface area contributed by atoms with Crippen LogP contribution in [0, 0.1) is 5.92 Å². The van der Waals surface area contributed by atoms with Gasteiger partial charge in [-0.3, -0.25) is 0 Å². The minimum atomic E-state index is -1.82. The molecule has 6 heteroatoms. The molecule has 2 heterocycles. The molecular formula is C13H23NO5. The predicted octanol–water partition coefficient (Wildman–Crippen LogP) is 1.05. The Hall–Kier alpha value is -1.14. The second-order valence-electron chi connectivity index (χ2n) is 5.11. The maximum absolute atomic E-state index is 9.10. The summed E-state index contributed by atoms with van der Waals surface area (Å²) >= 11 is 0. The van der Waals surface area contributed by atoms with E-state index in [0.717, 1.165) is 18.9 Å². The fraction of sp³-hybridized carbons (Fsp3) is 0.846. The number of carboxylic acid groups (broad SMARTS) is 2. The smallest absolute Gasteiger partial charge is 0.414 e. The number of carboxylic acids is 2. The van der Waals surface area contributed by atoms with E-state index in [0.29, 0.717) is 6.10 Å². The van der Waals surface area contributed by atoms with Gasteiger partial charge in [0.2, 0.25) is 0 Å². The SMILES string of the molecule is CCCOC1CC2CCCN(C2)C1.O=C(O)C(=O)O. The van der Waals surface area contributed by atoms with Gasteiger partial charge in [-0.2, -0.15) is 0 Å². The van der Waals surface area contributed by atoms with Gasteiger partial charge >= 0.3 is 11.9 Å². The van der Waals surface area contributed by atoms with Crippen molar-refractivity contribution in [1.29, 1.82) is 0 Å². The van der Waals surface area contributed by atoms with E-state index in [4.69, 9.17) is 24.5 Å². The highest BCUT2D eigenvalue weighted by molar-refractivity contribution is 6.27. The van der Waals surface area contributed by atoms with Crippen molar-refractivity contribution < 1.29 is 24.5 Å². The van der Waals surface area contributed by atoms with Crippen LogP contribution in [0.4, 0.5) is 0 Å². The zero-order chi connectivity index (χ0) is 14.3. The van der Waals surface area contributed by atoms with Crippen LogP contribution in [-0.4, -0.2) is 59.4 Å². The maximum atomic E-state index is 9.10. The summed E-state index contributed by atoms with van der Waals surface area (Å²) in [6.45, 7) is 6.97. The van der Waals surface area contributed by atoms with Gasteiger partial charge in [-0.25, -0.2) is 9.59 Å². The van der Waals surface area contributed by atoms with Crippen molar-refractivity contribution >= 4 is 11.9 Å². The molecule has 2 aliphatic heterocycles. The van der Waals surface area contributed by atoms with E-state index < -0.39 is 11.9 Å². The molecule has 19 heavy (non-hydrogen) atoms. The van der Waals surface area contributed by atoms with E-state index in [1.165, 1.54) is 38.9 Å². The Kier molecular flexibility index (Phi) is 6.80. The molecule has 2 rings (SSSR count). The second-order valence-corrected chi connectivity index (χ2v) is 5.11. The minimum absolute atomic E-state index is 0.541. The molecule has 2 aliphatic rings. The van der Waals surface area contributed by atoms with Gasteiger partial charge in [0.05, 0.1) is 6.10 Å². The number of aliphatic carboxylic acids is 2. The summed E-state index contributed by atoms with van der Waals surface area (Å²) in [6, 6.07) is 0. The number of piperidine rings is 2. The topological polar surface area (TPSA) is 87.1 Å².